The second-order valence-electron chi connectivity index (χ2n) is 10.3. The van der Waals surface area contributed by atoms with Crippen molar-refractivity contribution in [2.24, 2.45) is 0 Å². The number of fused-ring (bicyclic) bond motifs is 2. The lowest BCUT2D eigenvalue weighted by atomic mass is 9.76. The number of amides is 1. The van der Waals surface area contributed by atoms with Crippen molar-refractivity contribution in [2.45, 2.75) is 73.2 Å². The Balaban J connectivity index is 1.28. The third kappa shape index (κ3) is 5.45. The van der Waals surface area contributed by atoms with Gasteiger partial charge in [0.15, 0.2) is 11.6 Å². The fourth-order valence-corrected chi connectivity index (χ4v) is 7.21. The summed E-state index contributed by atoms with van der Waals surface area (Å²) in [6.07, 6.45) is 9.12. The second-order valence-corrected chi connectivity index (χ2v) is 12.3. The molecule has 1 aliphatic heterocycles. The van der Waals surface area contributed by atoms with Crippen molar-refractivity contribution in [3.05, 3.63) is 76.6 Å². The van der Waals surface area contributed by atoms with E-state index >= 15 is 0 Å². The zero-order chi connectivity index (χ0) is 27.6. The number of halogens is 2. The fourth-order valence-electron chi connectivity index (χ4n) is 5.79. The van der Waals surface area contributed by atoms with Crippen LogP contribution in [0.5, 0.6) is 5.75 Å². The quantitative estimate of drug-likeness (QED) is 0.364. The fraction of sp³-hybridized carbons (Fsp3) is 0.414. The first-order chi connectivity index (χ1) is 18.7. The summed E-state index contributed by atoms with van der Waals surface area (Å²) in [7, 11) is -2.98. The Morgan fingerprint density at radius 2 is 1.67 bits per heavy atom. The molecular formula is C29H33F2N3O4S. The van der Waals surface area contributed by atoms with Gasteiger partial charge >= 0.3 is 0 Å². The van der Waals surface area contributed by atoms with Crippen LogP contribution in [0.15, 0.2) is 52.3 Å². The van der Waals surface area contributed by atoms with Crippen LogP contribution in [0.2, 0.25) is 0 Å². The Morgan fingerprint density at radius 3 is 2.36 bits per heavy atom. The molecule has 1 aromatic heterocycles. The number of H-pyrrole nitrogens is 1. The molecule has 2 aromatic carbocycles. The van der Waals surface area contributed by atoms with Gasteiger partial charge in [-0.2, -0.15) is 0 Å². The lowest BCUT2D eigenvalue weighted by Gasteiger charge is -2.40. The highest BCUT2D eigenvalue weighted by Gasteiger charge is 2.37. The summed E-state index contributed by atoms with van der Waals surface area (Å²) in [4.78, 5) is 15.8. The highest BCUT2D eigenvalue weighted by molar-refractivity contribution is 7.91. The standard InChI is InChI=1S/C29H33F2N3O4S/c1-38-26-16-22(30)23(31)17-27(26)39(36,37)20-9-7-19(8-10-20)18-32-28(35)25-15-21-24(34-25)11-14-33-29(21)12-5-3-2-4-6-13-29/h7-10,15-17,33-34H,2-6,11-14,18H2,1H3,(H,32,35). The van der Waals surface area contributed by atoms with Crippen LogP contribution in [0.25, 0.3) is 0 Å². The molecule has 0 unspecified atom stereocenters. The largest absolute Gasteiger partial charge is 0.495 e. The Labute approximate surface area is 227 Å². The van der Waals surface area contributed by atoms with Crippen molar-refractivity contribution in [1.29, 1.82) is 0 Å². The molecule has 5 rings (SSSR count). The van der Waals surface area contributed by atoms with E-state index in [0.29, 0.717) is 23.4 Å². The van der Waals surface area contributed by atoms with E-state index in [9.17, 15) is 22.0 Å². The van der Waals surface area contributed by atoms with Gasteiger partial charge in [-0.3, -0.25) is 4.79 Å². The van der Waals surface area contributed by atoms with E-state index in [4.69, 9.17) is 4.74 Å². The molecule has 0 bridgehead atoms. The molecule has 0 atom stereocenters. The number of rotatable bonds is 6. The lowest BCUT2D eigenvalue weighted by Crippen LogP contribution is -2.47. The second kappa shape index (κ2) is 11.1. The van der Waals surface area contributed by atoms with Crippen LogP contribution in [-0.2, 0) is 28.3 Å². The molecular weight excluding hydrogens is 524 g/mol. The Kier molecular flexibility index (Phi) is 7.77. The van der Waals surface area contributed by atoms with Crippen LogP contribution in [0, 0.1) is 11.6 Å². The molecule has 1 amide bonds. The maximum absolute atomic E-state index is 13.8. The van der Waals surface area contributed by atoms with E-state index in [1.807, 2.05) is 6.07 Å². The van der Waals surface area contributed by atoms with E-state index in [1.54, 1.807) is 12.1 Å². The van der Waals surface area contributed by atoms with E-state index < -0.39 is 26.4 Å². The molecule has 1 fully saturated rings. The van der Waals surface area contributed by atoms with Gasteiger partial charge in [0.25, 0.3) is 5.91 Å². The topological polar surface area (TPSA) is 100 Å². The zero-order valence-electron chi connectivity index (χ0n) is 21.9. The van der Waals surface area contributed by atoms with Crippen molar-refractivity contribution in [2.75, 3.05) is 13.7 Å². The van der Waals surface area contributed by atoms with Crippen LogP contribution >= 0.6 is 0 Å². The van der Waals surface area contributed by atoms with Crippen molar-refractivity contribution < 1.29 is 26.7 Å². The molecule has 7 nitrogen and oxygen atoms in total. The molecule has 39 heavy (non-hydrogen) atoms. The van der Waals surface area contributed by atoms with Gasteiger partial charge in [-0.05, 0) is 48.2 Å². The Bertz CT molecular complexity index is 1460. The van der Waals surface area contributed by atoms with Gasteiger partial charge in [-0.1, -0.05) is 44.2 Å². The molecule has 3 N–H and O–H groups in total. The van der Waals surface area contributed by atoms with Gasteiger partial charge in [0.2, 0.25) is 9.84 Å². The van der Waals surface area contributed by atoms with E-state index in [-0.39, 0.29) is 28.6 Å². The maximum atomic E-state index is 13.8. The molecule has 0 saturated heterocycles. The SMILES string of the molecule is COc1cc(F)c(F)cc1S(=O)(=O)c1ccc(CNC(=O)c2cc3c([nH]2)CCNC32CCCCCCC2)cc1. The van der Waals surface area contributed by atoms with Gasteiger partial charge in [0, 0.05) is 36.8 Å². The molecule has 1 aliphatic carbocycles. The van der Waals surface area contributed by atoms with Gasteiger partial charge in [0.1, 0.15) is 16.3 Å². The van der Waals surface area contributed by atoms with E-state index in [0.717, 1.165) is 31.5 Å². The van der Waals surface area contributed by atoms with Crippen LogP contribution in [0.3, 0.4) is 0 Å². The van der Waals surface area contributed by atoms with Crippen molar-refractivity contribution in [3.63, 3.8) is 0 Å². The summed E-state index contributed by atoms with van der Waals surface area (Å²) < 4.78 is 58.4. The minimum absolute atomic E-state index is 0.0690. The van der Waals surface area contributed by atoms with Crippen LogP contribution in [0.4, 0.5) is 8.78 Å². The van der Waals surface area contributed by atoms with Crippen LogP contribution < -0.4 is 15.4 Å². The number of hydrogen-bond acceptors (Lipinski definition) is 5. The van der Waals surface area contributed by atoms with Gasteiger partial charge < -0.3 is 20.4 Å². The molecule has 2 heterocycles. The third-order valence-electron chi connectivity index (χ3n) is 7.89. The van der Waals surface area contributed by atoms with Crippen LogP contribution in [0.1, 0.15) is 72.3 Å². The molecule has 10 heteroatoms. The number of sulfone groups is 1. The highest BCUT2D eigenvalue weighted by atomic mass is 32.2. The monoisotopic (exact) mass is 557 g/mol. The summed E-state index contributed by atoms with van der Waals surface area (Å²) in [5.41, 5.74) is 3.48. The molecule has 0 radical (unpaired) electrons. The predicted octanol–water partition coefficient (Wildman–Crippen LogP) is 5.15. The number of carbonyl (C=O) groups is 1. The number of hydrogen-bond donors (Lipinski definition) is 3. The van der Waals surface area contributed by atoms with E-state index in [2.05, 4.69) is 15.6 Å². The smallest absolute Gasteiger partial charge is 0.267 e. The minimum atomic E-state index is -4.16. The molecule has 2 aliphatic rings. The summed E-state index contributed by atoms with van der Waals surface area (Å²) >= 11 is 0. The average Bonchev–Trinajstić information content (AvgIpc) is 3.37. The Hall–Kier alpha value is -3.24. The summed E-state index contributed by atoms with van der Waals surface area (Å²) in [6.45, 7) is 1.08. The first kappa shape index (κ1) is 27.3. The summed E-state index contributed by atoms with van der Waals surface area (Å²) in [5, 5.41) is 6.67. The average molecular weight is 558 g/mol. The maximum Gasteiger partial charge on any atom is 0.267 e. The summed E-state index contributed by atoms with van der Waals surface area (Å²) in [5.74, 6) is -2.99. The zero-order valence-corrected chi connectivity index (χ0v) is 22.7. The normalized spacial score (nSPS) is 17.2. The molecule has 1 spiro atoms. The third-order valence-corrected chi connectivity index (χ3v) is 9.68. The lowest BCUT2D eigenvalue weighted by molar-refractivity contribution is 0.0946. The molecule has 208 valence electrons. The van der Waals surface area contributed by atoms with Gasteiger partial charge in [-0.25, -0.2) is 17.2 Å². The summed E-state index contributed by atoms with van der Waals surface area (Å²) in [6, 6.07) is 9.20. The number of ether oxygens (including phenoxy) is 1. The minimum Gasteiger partial charge on any atom is -0.495 e. The van der Waals surface area contributed by atoms with Gasteiger partial charge in [-0.15, -0.1) is 0 Å². The number of carbonyl (C=O) groups excluding carboxylic acids is 1. The molecule has 3 aromatic rings. The van der Waals surface area contributed by atoms with Gasteiger partial charge in [0.05, 0.1) is 12.0 Å². The van der Waals surface area contributed by atoms with Crippen molar-refractivity contribution in [1.82, 2.24) is 15.6 Å². The first-order valence-corrected chi connectivity index (χ1v) is 14.8. The first-order valence-electron chi connectivity index (χ1n) is 13.4. The molecule has 1 saturated carbocycles. The van der Waals surface area contributed by atoms with E-state index in [1.165, 1.54) is 56.9 Å². The number of aromatic nitrogens is 1. The number of benzene rings is 2. The number of aromatic amines is 1. The predicted molar refractivity (Wildman–Crippen MR) is 142 cm³/mol. The number of nitrogens with one attached hydrogen (secondary N) is 3. The van der Waals surface area contributed by atoms with Crippen LogP contribution in [-0.4, -0.2) is 33.0 Å². The Morgan fingerprint density at radius 1 is 1.00 bits per heavy atom. The number of methoxy groups -OCH3 is 1. The van der Waals surface area contributed by atoms with Crippen molar-refractivity contribution in [3.8, 4) is 5.75 Å². The highest BCUT2D eigenvalue weighted by Crippen LogP contribution is 2.39. The van der Waals surface area contributed by atoms with Crippen molar-refractivity contribution >= 4 is 15.7 Å².